The average molecular weight is 452 g/mol. The van der Waals surface area contributed by atoms with Gasteiger partial charge in [0.2, 0.25) is 5.91 Å². The van der Waals surface area contributed by atoms with Crippen molar-refractivity contribution in [1.29, 1.82) is 0 Å². The van der Waals surface area contributed by atoms with Crippen LogP contribution in [0.1, 0.15) is 0 Å². The Labute approximate surface area is 186 Å². The van der Waals surface area contributed by atoms with Crippen LogP contribution in [0.25, 0.3) is 16.6 Å². The van der Waals surface area contributed by atoms with Crippen molar-refractivity contribution in [2.75, 3.05) is 17.3 Å². The molecular weight excluding hydrogens is 433 g/mol. The van der Waals surface area contributed by atoms with E-state index in [1.54, 1.807) is 36.0 Å². The molecule has 31 heavy (non-hydrogen) atoms. The Balaban J connectivity index is 1.64. The molecule has 0 spiro atoms. The Morgan fingerprint density at radius 1 is 1.06 bits per heavy atom. The standard InChI is InChI=1S/C23H18FN3O2S2/c1-30-18-6-4-5-16(13-18)25-21(28)14-31-23-26-20-8-3-2-7-19(20)22(29)27(23)17-11-9-15(24)10-12-17/h2-13H,14H2,1H3,(H,25,28). The van der Waals surface area contributed by atoms with Crippen molar-refractivity contribution in [3.05, 3.63) is 89.0 Å². The van der Waals surface area contributed by atoms with E-state index < -0.39 is 5.82 Å². The summed E-state index contributed by atoms with van der Waals surface area (Å²) in [6.07, 6.45) is 1.97. The minimum Gasteiger partial charge on any atom is -0.325 e. The van der Waals surface area contributed by atoms with Gasteiger partial charge in [0.05, 0.1) is 22.3 Å². The zero-order valence-electron chi connectivity index (χ0n) is 16.5. The molecule has 0 saturated carbocycles. The summed E-state index contributed by atoms with van der Waals surface area (Å²) in [6.45, 7) is 0. The minimum absolute atomic E-state index is 0.0650. The van der Waals surface area contributed by atoms with Crippen molar-refractivity contribution in [2.45, 2.75) is 10.1 Å². The van der Waals surface area contributed by atoms with Gasteiger partial charge in [0.15, 0.2) is 5.16 Å². The van der Waals surface area contributed by atoms with Crippen molar-refractivity contribution in [1.82, 2.24) is 9.55 Å². The van der Waals surface area contributed by atoms with E-state index in [9.17, 15) is 14.0 Å². The van der Waals surface area contributed by atoms with Gasteiger partial charge in [0.1, 0.15) is 5.82 Å². The van der Waals surface area contributed by atoms with Gasteiger partial charge < -0.3 is 5.32 Å². The van der Waals surface area contributed by atoms with Gasteiger partial charge in [0.25, 0.3) is 5.56 Å². The van der Waals surface area contributed by atoms with Crippen LogP contribution in [-0.4, -0.2) is 27.5 Å². The van der Waals surface area contributed by atoms with Crippen LogP contribution in [0.4, 0.5) is 10.1 Å². The first-order valence-electron chi connectivity index (χ1n) is 9.39. The normalized spacial score (nSPS) is 10.9. The monoisotopic (exact) mass is 451 g/mol. The number of benzene rings is 3. The lowest BCUT2D eigenvalue weighted by molar-refractivity contribution is -0.113. The number of hydrogen-bond acceptors (Lipinski definition) is 5. The molecule has 156 valence electrons. The van der Waals surface area contributed by atoms with Gasteiger partial charge in [-0.3, -0.25) is 14.2 Å². The molecule has 4 aromatic rings. The maximum atomic E-state index is 13.4. The van der Waals surface area contributed by atoms with Gasteiger partial charge in [0, 0.05) is 10.6 Å². The molecule has 1 N–H and O–H groups in total. The zero-order valence-corrected chi connectivity index (χ0v) is 18.2. The summed E-state index contributed by atoms with van der Waals surface area (Å²) < 4.78 is 14.8. The maximum Gasteiger partial charge on any atom is 0.266 e. The molecule has 0 atom stereocenters. The molecule has 0 saturated heterocycles. The highest BCUT2D eigenvalue weighted by Crippen LogP contribution is 2.23. The molecule has 5 nitrogen and oxygen atoms in total. The molecule has 0 unspecified atom stereocenters. The Morgan fingerprint density at radius 3 is 2.61 bits per heavy atom. The molecule has 1 amide bonds. The minimum atomic E-state index is -0.397. The summed E-state index contributed by atoms with van der Waals surface area (Å²) in [4.78, 5) is 31.3. The van der Waals surface area contributed by atoms with Crippen LogP contribution in [0.15, 0.2) is 87.6 Å². The summed E-state index contributed by atoms with van der Waals surface area (Å²) >= 11 is 2.75. The van der Waals surface area contributed by atoms with E-state index in [1.807, 2.05) is 30.5 Å². The Kier molecular flexibility index (Phi) is 6.39. The van der Waals surface area contributed by atoms with Gasteiger partial charge in [-0.25, -0.2) is 9.37 Å². The van der Waals surface area contributed by atoms with Crippen molar-refractivity contribution in [2.24, 2.45) is 0 Å². The second kappa shape index (κ2) is 9.36. The van der Waals surface area contributed by atoms with Crippen LogP contribution in [0.3, 0.4) is 0 Å². The number of nitrogens with zero attached hydrogens (tertiary/aromatic N) is 2. The van der Waals surface area contributed by atoms with Gasteiger partial charge >= 0.3 is 0 Å². The number of aromatic nitrogens is 2. The quantitative estimate of drug-likeness (QED) is 0.331. The number of carbonyl (C=O) groups is 1. The molecular formula is C23H18FN3O2S2. The number of halogens is 1. The summed E-state index contributed by atoms with van der Waals surface area (Å²) in [7, 11) is 0. The van der Waals surface area contributed by atoms with E-state index in [0.717, 1.165) is 16.7 Å². The van der Waals surface area contributed by atoms with Gasteiger partial charge in [-0.2, -0.15) is 0 Å². The van der Waals surface area contributed by atoms with E-state index in [0.29, 0.717) is 27.4 Å². The largest absolute Gasteiger partial charge is 0.325 e. The lowest BCUT2D eigenvalue weighted by Crippen LogP contribution is -2.23. The van der Waals surface area contributed by atoms with Crippen LogP contribution in [0.2, 0.25) is 0 Å². The molecule has 0 aliphatic carbocycles. The first kappa shape index (κ1) is 21.1. The number of thioether (sulfide) groups is 2. The third kappa shape index (κ3) is 4.81. The summed E-state index contributed by atoms with van der Waals surface area (Å²) in [6, 6.07) is 20.2. The Hall–Kier alpha value is -3.10. The molecule has 0 fully saturated rings. The third-order valence-corrected chi connectivity index (χ3v) is 6.18. The number of anilines is 1. The number of rotatable bonds is 6. The molecule has 8 heteroatoms. The number of amides is 1. The van der Waals surface area contributed by atoms with E-state index >= 15 is 0 Å². The fourth-order valence-electron chi connectivity index (χ4n) is 3.06. The molecule has 1 aromatic heterocycles. The number of nitrogens with one attached hydrogen (secondary N) is 1. The van der Waals surface area contributed by atoms with Crippen molar-refractivity contribution in [3.8, 4) is 5.69 Å². The number of para-hydroxylation sites is 1. The lowest BCUT2D eigenvalue weighted by Gasteiger charge is -2.13. The first-order valence-corrected chi connectivity index (χ1v) is 11.6. The highest BCUT2D eigenvalue weighted by molar-refractivity contribution is 7.99. The molecule has 4 rings (SSSR count). The van der Waals surface area contributed by atoms with E-state index in [2.05, 4.69) is 10.3 Å². The molecule has 3 aromatic carbocycles. The van der Waals surface area contributed by atoms with Crippen molar-refractivity contribution < 1.29 is 9.18 Å². The first-order chi connectivity index (χ1) is 15.0. The lowest BCUT2D eigenvalue weighted by atomic mass is 10.2. The average Bonchev–Trinajstić information content (AvgIpc) is 2.79. The zero-order chi connectivity index (χ0) is 21.8. The highest BCUT2D eigenvalue weighted by atomic mass is 32.2. The molecule has 0 aliphatic heterocycles. The van der Waals surface area contributed by atoms with Crippen LogP contribution < -0.4 is 10.9 Å². The summed E-state index contributed by atoms with van der Waals surface area (Å²) in [5, 5.41) is 3.68. The third-order valence-electron chi connectivity index (χ3n) is 4.52. The summed E-state index contributed by atoms with van der Waals surface area (Å²) in [5.41, 5.74) is 1.47. The van der Waals surface area contributed by atoms with Gasteiger partial charge in [-0.1, -0.05) is 30.0 Å². The van der Waals surface area contributed by atoms with E-state index in [4.69, 9.17) is 0 Å². The smallest absolute Gasteiger partial charge is 0.266 e. The van der Waals surface area contributed by atoms with Crippen molar-refractivity contribution in [3.63, 3.8) is 0 Å². The number of hydrogen-bond donors (Lipinski definition) is 1. The topological polar surface area (TPSA) is 64.0 Å². The van der Waals surface area contributed by atoms with Crippen LogP contribution in [0, 0.1) is 5.82 Å². The summed E-state index contributed by atoms with van der Waals surface area (Å²) in [5.74, 6) is -0.543. The van der Waals surface area contributed by atoms with Crippen LogP contribution >= 0.6 is 23.5 Å². The number of fused-ring (bicyclic) bond motifs is 1. The van der Waals surface area contributed by atoms with Crippen molar-refractivity contribution >= 4 is 46.0 Å². The van der Waals surface area contributed by atoms with Crippen LogP contribution in [0.5, 0.6) is 0 Å². The highest BCUT2D eigenvalue weighted by Gasteiger charge is 2.15. The fraction of sp³-hybridized carbons (Fsp3) is 0.0870. The Morgan fingerprint density at radius 2 is 1.84 bits per heavy atom. The SMILES string of the molecule is CSc1cccc(NC(=O)CSc2nc3ccccc3c(=O)n2-c2ccc(F)cc2)c1. The Bertz CT molecular complexity index is 1310. The molecule has 0 aliphatic rings. The van der Waals surface area contributed by atoms with E-state index in [1.165, 1.54) is 28.8 Å². The van der Waals surface area contributed by atoms with Gasteiger partial charge in [-0.15, -0.1) is 11.8 Å². The second-order valence-electron chi connectivity index (χ2n) is 6.60. The maximum absolute atomic E-state index is 13.4. The predicted octanol–water partition coefficient (Wildman–Crippen LogP) is 4.98. The molecule has 0 radical (unpaired) electrons. The fourth-order valence-corrected chi connectivity index (χ4v) is 4.33. The predicted molar refractivity (Wildman–Crippen MR) is 125 cm³/mol. The second-order valence-corrected chi connectivity index (χ2v) is 8.42. The van der Waals surface area contributed by atoms with Gasteiger partial charge in [-0.05, 0) is 60.9 Å². The van der Waals surface area contributed by atoms with Crippen LogP contribution in [-0.2, 0) is 4.79 Å². The number of carbonyl (C=O) groups excluding carboxylic acids is 1. The molecule has 1 heterocycles. The molecule has 0 bridgehead atoms. The van der Waals surface area contributed by atoms with E-state index in [-0.39, 0.29) is 17.2 Å².